The third kappa shape index (κ3) is 7.05. The van der Waals surface area contributed by atoms with Crippen LogP contribution in [0.3, 0.4) is 0 Å². The van der Waals surface area contributed by atoms with Crippen LogP contribution in [0.4, 0.5) is 10.7 Å². The summed E-state index contributed by atoms with van der Waals surface area (Å²) in [6.45, 7) is 9.28. The van der Waals surface area contributed by atoms with Crippen LogP contribution in [0.5, 0.6) is 0 Å². The lowest BCUT2D eigenvalue weighted by molar-refractivity contribution is 0.0530. The number of imidazole rings is 1. The van der Waals surface area contributed by atoms with E-state index in [0.717, 1.165) is 30.8 Å². The van der Waals surface area contributed by atoms with Crippen LogP contribution in [0.1, 0.15) is 53.4 Å². The zero-order valence-electron chi connectivity index (χ0n) is 23.7. The summed E-state index contributed by atoms with van der Waals surface area (Å²) in [4.78, 5) is 40.5. The maximum atomic E-state index is 12.1. The summed E-state index contributed by atoms with van der Waals surface area (Å²) >= 11 is 6.33. The average molecular weight is 583 g/mol. The van der Waals surface area contributed by atoms with E-state index in [1.165, 1.54) is 12.8 Å². The molecule has 1 fully saturated rings. The molecule has 0 unspecified atom stereocenters. The first kappa shape index (κ1) is 28.6. The van der Waals surface area contributed by atoms with E-state index in [1.54, 1.807) is 24.5 Å². The number of ether oxygens (including phenoxy) is 1. The van der Waals surface area contributed by atoms with Gasteiger partial charge in [0.25, 0.3) is 0 Å². The van der Waals surface area contributed by atoms with Crippen LogP contribution in [0, 0.1) is 11.8 Å². The number of halogens is 1. The quantitative estimate of drug-likeness (QED) is 0.236. The van der Waals surface area contributed by atoms with E-state index in [2.05, 4.69) is 37.2 Å². The highest BCUT2D eigenvalue weighted by Gasteiger charge is 2.25. The van der Waals surface area contributed by atoms with E-state index in [1.807, 2.05) is 20.8 Å². The second-order valence-corrected chi connectivity index (χ2v) is 12.0. The fraction of sp³-hybridized carbons (Fsp3) is 0.500. The SMILES string of the molecule is CC1CCC(Cn2c(NCCNC(=O)OC(C)(C)C)nc3cc(-c4noc(=O)[nH]4)nc(-c4cncc(Cl)c4)c32)CC1. The van der Waals surface area contributed by atoms with E-state index in [9.17, 15) is 9.59 Å². The Labute approximate surface area is 242 Å². The molecule has 0 bridgehead atoms. The minimum Gasteiger partial charge on any atom is -0.444 e. The van der Waals surface area contributed by atoms with Gasteiger partial charge in [-0.05, 0) is 57.6 Å². The number of carbonyl (C=O) groups excluding carboxylic acids is 1. The number of nitrogens with one attached hydrogen (secondary N) is 3. The fourth-order valence-electron chi connectivity index (χ4n) is 5.10. The van der Waals surface area contributed by atoms with Crippen molar-refractivity contribution >= 4 is 34.7 Å². The monoisotopic (exact) mass is 582 g/mol. The maximum Gasteiger partial charge on any atom is 0.439 e. The Hall–Kier alpha value is -3.93. The van der Waals surface area contributed by atoms with Crippen LogP contribution in [0.2, 0.25) is 5.02 Å². The first-order chi connectivity index (χ1) is 19.6. The van der Waals surface area contributed by atoms with Gasteiger partial charge in [0.2, 0.25) is 11.8 Å². The van der Waals surface area contributed by atoms with Gasteiger partial charge in [-0.2, -0.15) is 0 Å². The highest BCUT2D eigenvalue weighted by atomic mass is 35.5. The van der Waals surface area contributed by atoms with Crippen LogP contribution in [0.25, 0.3) is 33.8 Å². The van der Waals surface area contributed by atoms with E-state index in [0.29, 0.717) is 52.4 Å². The van der Waals surface area contributed by atoms with Crippen LogP contribution >= 0.6 is 11.6 Å². The largest absolute Gasteiger partial charge is 0.444 e. The normalized spacial score (nSPS) is 17.5. The fourth-order valence-corrected chi connectivity index (χ4v) is 5.27. The van der Waals surface area contributed by atoms with Crippen molar-refractivity contribution in [1.82, 2.24) is 35.0 Å². The molecule has 5 rings (SSSR count). The topological polar surface area (TPSA) is 153 Å². The van der Waals surface area contributed by atoms with E-state index in [4.69, 9.17) is 30.8 Å². The smallest absolute Gasteiger partial charge is 0.439 e. The number of anilines is 1. The molecule has 3 N–H and O–H groups in total. The number of fused-ring (bicyclic) bond motifs is 1. The van der Waals surface area contributed by atoms with Gasteiger partial charge in [0.05, 0.1) is 21.7 Å². The summed E-state index contributed by atoms with van der Waals surface area (Å²) in [7, 11) is 0. The molecule has 12 nitrogen and oxygen atoms in total. The number of nitrogens with zero attached hydrogens (tertiary/aromatic N) is 5. The standard InChI is InChI=1S/C28H35ClN8O4/c1-16-5-7-17(8-6-16)15-37-23-20(34-25(37)31-9-10-32-26(38)40-28(2,3)4)12-21(24-35-27(39)41-36-24)33-22(23)18-11-19(29)14-30-13-18/h11-14,16-17H,5-10,15H2,1-4H3,(H,31,34)(H,32,38)(H,35,36,39). The number of rotatable bonds is 8. The summed E-state index contributed by atoms with van der Waals surface area (Å²) in [5.41, 5.74) is 2.59. The van der Waals surface area contributed by atoms with Gasteiger partial charge < -0.3 is 19.9 Å². The molecule has 0 radical (unpaired) electrons. The van der Waals surface area contributed by atoms with Crippen LogP contribution < -0.4 is 16.4 Å². The van der Waals surface area contributed by atoms with E-state index < -0.39 is 17.5 Å². The molecule has 218 valence electrons. The van der Waals surface area contributed by atoms with Gasteiger partial charge in [-0.25, -0.2) is 19.6 Å². The Morgan fingerprint density at radius 2 is 1.95 bits per heavy atom. The van der Waals surface area contributed by atoms with Gasteiger partial charge in [-0.15, -0.1) is 0 Å². The third-order valence-electron chi connectivity index (χ3n) is 7.04. The Balaban J connectivity index is 1.54. The minimum atomic E-state index is -0.676. The minimum absolute atomic E-state index is 0.194. The van der Waals surface area contributed by atoms with E-state index >= 15 is 0 Å². The number of carbonyl (C=O) groups is 1. The summed E-state index contributed by atoms with van der Waals surface area (Å²) in [6, 6.07) is 3.57. The van der Waals surface area contributed by atoms with Crippen molar-refractivity contribution < 1.29 is 14.1 Å². The molecule has 41 heavy (non-hydrogen) atoms. The summed E-state index contributed by atoms with van der Waals surface area (Å²) in [5.74, 6) is 1.36. The molecular formula is C28H35ClN8O4. The molecular weight excluding hydrogens is 548 g/mol. The highest BCUT2D eigenvalue weighted by molar-refractivity contribution is 6.30. The highest BCUT2D eigenvalue weighted by Crippen LogP contribution is 2.36. The molecule has 4 heterocycles. The van der Waals surface area contributed by atoms with Gasteiger partial charge in [-0.3, -0.25) is 14.5 Å². The molecule has 1 amide bonds. The predicted octanol–water partition coefficient (Wildman–Crippen LogP) is 5.25. The number of hydrogen-bond donors (Lipinski definition) is 3. The first-order valence-electron chi connectivity index (χ1n) is 13.8. The number of pyridine rings is 2. The Bertz CT molecular complexity index is 1580. The Morgan fingerprint density at radius 1 is 1.17 bits per heavy atom. The first-order valence-corrected chi connectivity index (χ1v) is 14.2. The molecule has 0 aliphatic heterocycles. The molecule has 0 spiro atoms. The van der Waals surface area contributed by atoms with Crippen molar-refractivity contribution in [3.63, 3.8) is 0 Å². The molecule has 1 aliphatic carbocycles. The zero-order chi connectivity index (χ0) is 29.1. The van der Waals surface area contributed by atoms with Crippen molar-refractivity contribution in [2.45, 2.75) is 65.5 Å². The summed E-state index contributed by atoms with van der Waals surface area (Å²) in [5, 5.41) is 10.5. The second kappa shape index (κ2) is 11.9. The van der Waals surface area contributed by atoms with Crippen molar-refractivity contribution in [3.05, 3.63) is 40.1 Å². The number of aromatic nitrogens is 6. The van der Waals surface area contributed by atoms with Gasteiger partial charge in [0, 0.05) is 37.6 Å². The number of amides is 1. The lowest BCUT2D eigenvalue weighted by Crippen LogP contribution is -2.35. The van der Waals surface area contributed by atoms with Gasteiger partial charge in [0.15, 0.2) is 0 Å². The number of aromatic amines is 1. The molecule has 0 atom stereocenters. The molecule has 4 aromatic heterocycles. The van der Waals surface area contributed by atoms with Gasteiger partial charge >= 0.3 is 11.8 Å². The Morgan fingerprint density at radius 3 is 2.63 bits per heavy atom. The van der Waals surface area contributed by atoms with Gasteiger partial charge in [-0.1, -0.05) is 36.5 Å². The zero-order valence-corrected chi connectivity index (χ0v) is 24.4. The molecule has 13 heteroatoms. The lowest BCUT2D eigenvalue weighted by atomic mass is 9.83. The molecule has 0 saturated heterocycles. The van der Waals surface area contributed by atoms with E-state index in [-0.39, 0.29) is 5.82 Å². The van der Waals surface area contributed by atoms with Crippen molar-refractivity contribution in [2.75, 3.05) is 18.4 Å². The third-order valence-corrected chi connectivity index (χ3v) is 7.25. The molecule has 0 aromatic carbocycles. The number of alkyl carbamates (subject to hydrolysis) is 1. The summed E-state index contributed by atoms with van der Waals surface area (Å²) in [6.07, 6.45) is 7.41. The molecule has 1 aliphatic rings. The van der Waals surface area contributed by atoms with Crippen molar-refractivity contribution in [3.8, 4) is 22.8 Å². The Kier molecular flexibility index (Phi) is 8.30. The summed E-state index contributed by atoms with van der Waals surface area (Å²) < 4.78 is 12.2. The van der Waals surface area contributed by atoms with Crippen LogP contribution in [-0.4, -0.2) is 54.4 Å². The van der Waals surface area contributed by atoms with Crippen LogP contribution in [-0.2, 0) is 11.3 Å². The predicted molar refractivity (Wildman–Crippen MR) is 156 cm³/mol. The molecule has 4 aromatic rings. The van der Waals surface area contributed by atoms with Crippen LogP contribution in [0.15, 0.2) is 33.8 Å². The van der Waals surface area contributed by atoms with Crippen molar-refractivity contribution in [2.24, 2.45) is 11.8 Å². The number of H-pyrrole nitrogens is 1. The van der Waals surface area contributed by atoms with Crippen molar-refractivity contribution in [1.29, 1.82) is 0 Å². The maximum absolute atomic E-state index is 12.1. The average Bonchev–Trinajstić information content (AvgIpc) is 3.49. The second-order valence-electron chi connectivity index (χ2n) is 11.6. The van der Waals surface area contributed by atoms with Gasteiger partial charge in [0.1, 0.15) is 11.3 Å². The lowest BCUT2D eigenvalue weighted by Gasteiger charge is -2.27. The number of hydrogen-bond acceptors (Lipinski definition) is 9. The molecule has 1 saturated carbocycles.